The largest absolute Gasteiger partial charge is 0.493 e. The van der Waals surface area contributed by atoms with Crippen molar-refractivity contribution in [3.05, 3.63) is 125 Å². The van der Waals surface area contributed by atoms with E-state index in [9.17, 15) is 4.39 Å². The summed E-state index contributed by atoms with van der Waals surface area (Å²) in [5, 5.41) is 4.76. The molecule has 0 fully saturated rings. The number of hydrogen-bond acceptors (Lipinski definition) is 5. The number of methoxy groups -OCH3 is 1. The molecular formula is C31H28FN3O2. The van der Waals surface area contributed by atoms with Crippen LogP contribution in [0, 0.1) is 5.82 Å². The zero-order valence-electron chi connectivity index (χ0n) is 21.0. The van der Waals surface area contributed by atoms with E-state index >= 15 is 0 Å². The van der Waals surface area contributed by atoms with E-state index in [-0.39, 0.29) is 5.82 Å². The normalized spacial score (nSPS) is 12.7. The second-order valence-corrected chi connectivity index (χ2v) is 9.11. The summed E-state index contributed by atoms with van der Waals surface area (Å²) in [7, 11) is 1.63. The van der Waals surface area contributed by atoms with Gasteiger partial charge in [0.05, 0.1) is 12.8 Å². The van der Waals surface area contributed by atoms with Gasteiger partial charge in [-0.2, -0.15) is 5.10 Å². The van der Waals surface area contributed by atoms with Crippen LogP contribution in [0.3, 0.4) is 0 Å². The third kappa shape index (κ3) is 5.38. The highest BCUT2D eigenvalue weighted by atomic mass is 19.1. The maximum atomic E-state index is 13.5. The molecular weight excluding hydrogens is 465 g/mol. The van der Waals surface area contributed by atoms with Gasteiger partial charge in [-0.1, -0.05) is 50.2 Å². The Balaban J connectivity index is 1.53. The lowest BCUT2D eigenvalue weighted by Gasteiger charge is -2.15. The first-order valence-corrected chi connectivity index (χ1v) is 12.2. The van der Waals surface area contributed by atoms with Gasteiger partial charge in [0.2, 0.25) is 0 Å². The topological polar surface area (TPSA) is 55.2 Å². The van der Waals surface area contributed by atoms with E-state index in [4.69, 9.17) is 19.6 Å². The van der Waals surface area contributed by atoms with E-state index in [0.29, 0.717) is 29.9 Å². The van der Waals surface area contributed by atoms with Crippen LogP contribution in [0.4, 0.5) is 10.1 Å². The molecule has 0 spiro atoms. The summed E-state index contributed by atoms with van der Waals surface area (Å²) >= 11 is 0. The summed E-state index contributed by atoms with van der Waals surface area (Å²) in [6.45, 7) is 4.75. The molecule has 5 nitrogen and oxygen atoms in total. The summed E-state index contributed by atoms with van der Waals surface area (Å²) < 4.78 is 25.3. The quantitative estimate of drug-likeness (QED) is 0.302. The maximum Gasteiger partial charge on any atom is 0.161 e. The molecule has 0 saturated heterocycles. The number of fused-ring (bicyclic) bond motifs is 1. The van der Waals surface area contributed by atoms with Crippen LogP contribution in [0.2, 0.25) is 0 Å². The first kappa shape index (κ1) is 24.3. The molecule has 5 rings (SSSR count). The van der Waals surface area contributed by atoms with Crippen molar-refractivity contribution in [3.63, 3.8) is 0 Å². The Kier molecular flexibility index (Phi) is 6.99. The van der Waals surface area contributed by atoms with E-state index in [1.54, 1.807) is 19.2 Å². The predicted octanol–water partition coefficient (Wildman–Crippen LogP) is 6.97. The summed E-state index contributed by atoms with van der Waals surface area (Å²) in [5.41, 5.74) is 9.36. The van der Waals surface area contributed by atoms with Crippen molar-refractivity contribution in [1.29, 1.82) is 0 Å². The molecule has 1 aliphatic rings. The smallest absolute Gasteiger partial charge is 0.161 e. The number of ether oxygens (including phenoxy) is 2. The van der Waals surface area contributed by atoms with Crippen molar-refractivity contribution in [2.24, 2.45) is 10.1 Å². The second kappa shape index (κ2) is 10.7. The van der Waals surface area contributed by atoms with Crippen molar-refractivity contribution in [2.45, 2.75) is 26.4 Å². The first-order valence-electron chi connectivity index (χ1n) is 12.2. The van der Waals surface area contributed by atoms with Crippen LogP contribution >= 0.6 is 0 Å². The molecule has 1 aliphatic heterocycles. The average molecular weight is 494 g/mol. The molecule has 4 aromatic carbocycles. The second-order valence-electron chi connectivity index (χ2n) is 9.11. The third-order valence-electron chi connectivity index (χ3n) is 6.24. The minimum absolute atomic E-state index is 0.300. The number of aliphatic imine (C=N–C) groups is 1. The Morgan fingerprint density at radius 2 is 1.59 bits per heavy atom. The molecule has 0 amide bonds. The zero-order valence-corrected chi connectivity index (χ0v) is 21.0. The fraction of sp³-hybridized carbons (Fsp3) is 0.161. The van der Waals surface area contributed by atoms with E-state index in [1.807, 2.05) is 54.6 Å². The fourth-order valence-corrected chi connectivity index (χ4v) is 4.14. The molecule has 37 heavy (non-hydrogen) atoms. The molecule has 4 aromatic rings. The van der Waals surface area contributed by atoms with Gasteiger partial charge in [0.1, 0.15) is 18.1 Å². The Bertz CT molecular complexity index is 1460. The SMILES string of the molecule is COc1cc(C2=NNC(c3ccc(F)cc3)=Nc3ccc(C(C)C)cc32)ccc1OCc1ccccc1. The molecule has 6 heteroatoms. The summed E-state index contributed by atoms with van der Waals surface area (Å²) in [6.07, 6.45) is 0. The van der Waals surface area contributed by atoms with Crippen LogP contribution in [0.15, 0.2) is 101 Å². The molecule has 0 aliphatic carbocycles. The van der Waals surface area contributed by atoms with Gasteiger partial charge in [-0.15, -0.1) is 0 Å². The molecule has 0 bridgehead atoms. The van der Waals surface area contributed by atoms with Crippen LogP contribution in [-0.4, -0.2) is 18.7 Å². The number of nitrogens with one attached hydrogen (secondary N) is 1. The van der Waals surface area contributed by atoms with E-state index in [2.05, 4.69) is 31.4 Å². The summed E-state index contributed by atoms with van der Waals surface area (Å²) in [6, 6.07) is 28.2. The summed E-state index contributed by atoms with van der Waals surface area (Å²) in [4.78, 5) is 4.85. The Morgan fingerprint density at radius 1 is 0.838 bits per heavy atom. The van der Waals surface area contributed by atoms with Crippen LogP contribution in [0.1, 0.15) is 47.6 Å². The van der Waals surface area contributed by atoms with Crippen LogP contribution in [0.5, 0.6) is 11.5 Å². The maximum absolute atomic E-state index is 13.5. The van der Waals surface area contributed by atoms with Gasteiger partial charge in [-0.25, -0.2) is 9.38 Å². The van der Waals surface area contributed by atoms with Crippen molar-refractivity contribution in [1.82, 2.24) is 5.43 Å². The molecule has 1 N–H and O–H groups in total. The van der Waals surface area contributed by atoms with Crippen molar-refractivity contribution in [3.8, 4) is 11.5 Å². The number of hydrazone groups is 1. The van der Waals surface area contributed by atoms with Crippen LogP contribution in [-0.2, 0) is 6.61 Å². The Morgan fingerprint density at radius 3 is 2.32 bits per heavy atom. The monoisotopic (exact) mass is 493 g/mol. The number of hydrogen-bond donors (Lipinski definition) is 1. The van der Waals surface area contributed by atoms with E-state index < -0.39 is 0 Å². The highest BCUT2D eigenvalue weighted by Crippen LogP contribution is 2.33. The fourth-order valence-electron chi connectivity index (χ4n) is 4.14. The van der Waals surface area contributed by atoms with Gasteiger partial charge in [0.15, 0.2) is 17.3 Å². The molecule has 0 atom stereocenters. The highest BCUT2D eigenvalue weighted by Gasteiger charge is 2.20. The van der Waals surface area contributed by atoms with Gasteiger partial charge in [-0.3, -0.25) is 5.43 Å². The molecule has 0 radical (unpaired) electrons. The lowest BCUT2D eigenvalue weighted by molar-refractivity contribution is 0.284. The van der Waals surface area contributed by atoms with Gasteiger partial charge < -0.3 is 9.47 Å². The third-order valence-corrected chi connectivity index (χ3v) is 6.24. The van der Waals surface area contributed by atoms with Crippen molar-refractivity contribution >= 4 is 17.2 Å². The van der Waals surface area contributed by atoms with E-state index in [0.717, 1.165) is 33.7 Å². The first-order chi connectivity index (χ1) is 18.0. The number of halogens is 1. The molecule has 0 unspecified atom stereocenters. The van der Waals surface area contributed by atoms with Gasteiger partial charge in [-0.05, 0) is 71.6 Å². The summed E-state index contributed by atoms with van der Waals surface area (Å²) in [5.74, 6) is 1.85. The Labute approximate surface area is 216 Å². The predicted molar refractivity (Wildman–Crippen MR) is 146 cm³/mol. The minimum atomic E-state index is -0.300. The number of benzene rings is 4. The molecule has 0 saturated carbocycles. The average Bonchev–Trinajstić information content (AvgIpc) is 3.12. The zero-order chi connectivity index (χ0) is 25.8. The van der Waals surface area contributed by atoms with Gasteiger partial charge in [0.25, 0.3) is 0 Å². The lowest BCUT2D eigenvalue weighted by atomic mass is 9.94. The minimum Gasteiger partial charge on any atom is -0.493 e. The highest BCUT2D eigenvalue weighted by molar-refractivity contribution is 6.18. The van der Waals surface area contributed by atoms with Crippen LogP contribution < -0.4 is 14.9 Å². The van der Waals surface area contributed by atoms with Crippen molar-refractivity contribution < 1.29 is 13.9 Å². The van der Waals surface area contributed by atoms with Crippen molar-refractivity contribution in [2.75, 3.05) is 7.11 Å². The van der Waals surface area contributed by atoms with Crippen LogP contribution in [0.25, 0.3) is 0 Å². The number of amidine groups is 1. The van der Waals surface area contributed by atoms with E-state index in [1.165, 1.54) is 17.7 Å². The number of nitrogens with zero attached hydrogens (tertiary/aromatic N) is 2. The lowest BCUT2D eigenvalue weighted by Crippen LogP contribution is -2.19. The molecule has 0 aromatic heterocycles. The molecule has 1 heterocycles. The Hall–Kier alpha value is -4.45. The standard InChI is InChI=1S/C31H28FN3O2/c1-20(2)23-11-15-27-26(17-23)30(34-35-31(33-27)22-9-13-25(32)14-10-22)24-12-16-28(29(18-24)36-3)37-19-21-7-5-4-6-8-21/h4-18,20H,19H2,1-3H3,(H,33,35). The van der Waals surface area contributed by atoms with Gasteiger partial charge in [0, 0.05) is 16.7 Å². The van der Waals surface area contributed by atoms with Gasteiger partial charge >= 0.3 is 0 Å². The molecule has 186 valence electrons. The number of rotatable bonds is 7.